The van der Waals surface area contributed by atoms with Gasteiger partial charge in [0.1, 0.15) is 6.04 Å². The van der Waals surface area contributed by atoms with Gasteiger partial charge in [0.15, 0.2) is 0 Å². The Kier molecular flexibility index (Phi) is 2.93. The number of alkyl halides is 3. The molecule has 2 unspecified atom stereocenters. The number of hydrogen-bond donors (Lipinski definition) is 1. The molecule has 0 heterocycles. The van der Waals surface area contributed by atoms with Crippen LogP contribution in [0.5, 0.6) is 0 Å². The highest BCUT2D eigenvalue weighted by Crippen LogP contribution is 2.38. The van der Waals surface area contributed by atoms with Gasteiger partial charge in [-0.05, 0) is 0 Å². The molecule has 0 aromatic rings. The Morgan fingerprint density at radius 3 is 2.24 bits per heavy atom. The fourth-order valence-corrected chi connectivity index (χ4v) is 1.29. The number of nitrogens with zero attached hydrogens (tertiary/aromatic N) is 2. The molecule has 1 aliphatic rings. The monoisotopic (exact) mass is 253 g/mol. The average Bonchev–Trinajstić information content (AvgIpc) is 2.15. The lowest BCUT2D eigenvalue weighted by atomic mass is 9.90. The molecule has 0 aromatic carbocycles. The molecule has 7 nitrogen and oxygen atoms in total. The molecule has 0 aromatic heterocycles. The highest BCUT2D eigenvalue weighted by molar-refractivity contribution is 5.30. The van der Waals surface area contributed by atoms with Crippen LogP contribution in [0.4, 0.5) is 13.2 Å². The van der Waals surface area contributed by atoms with Gasteiger partial charge in [0.25, 0.3) is 5.70 Å². The van der Waals surface area contributed by atoms with Crippen LogP contribution in [0.2, 0.25) is 0 Å². The van der Waals surface area contributed by atoms with Crippen LogP contribution >= 0.6 is 0 Å². The number of hydrogen-bond acceptors (Lipinski definition) is 5. The molecule has 0 saturated carbocycles. The second-order valence-electron chi connectivity index (χ2n) is 3.29. The van der Waals surface area contributed by atoms with E-state index in [2.05, 4.69) is 0 Å². The third kappa shape index (κ3) is 1.98. The normalized spacial score (nSPS) is 28.7. The molecule has 0 saturated heterocycles. The minimum absolute atomic E-state index is 0.0718. The van der Waals surface area contributed by atoms with E-state index in [1.165, 1.54) is 0 Å². The second kappa shape index (κ2) is 3.80. The molecule has 1 rings (SSSR count). The minimum Gasteiger partial charge on any atom is -0.316 e. The molecule has 1 aliphatic carbocycles. The van der Waals surface area contributed by atoms with Gasteiger partial charge in [-0.15, -0.1) is 0 Å². The first-order valence-corrected chi connectivity index (χ1v) is 4.15. The van der Waals surface area contributed by atoms with Gasteiger partial charge in [-0.2, -0.15) is 13.2 Å². The molecule has 17 heavy (non-hydrogen) atoms. The van der Waals surface area contributed by atoms with Crippen molar-refractivity contribution in [3.8, 4) is 0 Å². The van der Waals surface area contributed by atoms with E-state index in [1.54, 1.807) is 0 Å². The molecular formula is C7H6F3N3O4. The first-order valence-electron chi connectivity index (χ1n) is 4.15. The second-order valence-corrected chi connectivity index (χ2v) is 3.29. The highest BCUT2D eigenvalue weighted by atomic mass is 19.4. The lowest BCUT2D eigenvalue weighted by molar-refractivity contribution is -0.584. The Bertz CT molecular complexity index is 431. The summed E-state index contributed by atoms with van der Waals surface area (Å²) in [6, 6.07) is -1.40. The molecule has 2 atom stereocenters. The van der Waals surface area contributed by atoms with Gasteiger partial charge in [0.2, 0.25) is 0 Å². The summed E-state index contributed by atoms with van der Waals surface area (Å²) in [6.07, 6.45) is -4.55. The lowest BCUT2D eigenvalue weighted by Gasteiger charge is -2.24. The van der Waals surface area contributed by atoms with Crippen LogP contribution in [0.3, 0.4) is 0 Å². The van der Waals surface area contributed by atoms with Crippen LogP contribution in [0.1, 0.15) is 0 Å². The topological polar surface area (TPSA) is 112 Å². The fourth-order valence-electron chi connectivity index (χ4n) is 1.29. The largest absolute Gasteiger partial charge is 0.469 e. The maximum Gasteiger partial charge on any atom is 0.469 e. The highest BCUT2D eigenvalue weighted by Gasteiger charge is 2.65. The molecule has 0 aliphatic heterocycles. The average molecular weight is 253 g/mol. The van der Waals surface area contributed by atoms with Gasteiger partial charge in [0, 0.05) is 11.0 Å². The van der Waals surface area contributed by atoms with Crippen molar-refractivity contribution in [1.29, 1.82) is 0 Å². The maximum absolute atomic E-state index is 12.6. The molecular weight excluding hydrogens is 247 g/mol. The third-order valence-corrected chi connectivity index (χ3v) is 2.23. The number of halogens is 3. The Morgan fingerprint density at radius 1 is 1.35 bits per heavy atom. The summed E-state index contributed by atoms with van der Waals surface area (Å²) in [5, 5.41) is 21.0. The van der Waals surface area contributed by atoms with E-state index in [1.807, 2.05) is 0 Å². The van der Waals surface area contributed by atoms with Gasteiger partial charge in [0.05, 0.1) is 11.0 Å². The van der Waals surface area contributed by atoms with E-state index < -0.39 is 33.3 Å². The minimum atomic E-state index is -5.28. The Balaban J connectivity index is 3.41. The van der Waals surface area contributed by atoms with E-state index in [9.17, 15) is 33.4 Å². The molecule has 0 bridgehead atoms. The van der Waals surface area contributed by atoms with Crippen LogP contribution in [0.25, 0.3) is 0 Å². The molecule has 94 valence electrons. The van der Waals surface area contributed by atoms with E-state index in [0.29, 0.717) is 6.08 Å². The summed E-state index contributed by atoms with van der Waals surface area (Å²) < 4.78 is 37.8. The van der Waals surface area contributed by atoms with Gasteiger partial charge in [-0.3, -0.25) is 20.2 Å². The van der Waals surface area contributed by atoms with Crippen molar-refractivity contribution in [2.45, 2.75) is 17.8 Å². The van der Waals surface area contributed by atoms with Gasteiger partial charge >= 0.3 is 11.7 Å². The smallest absolute Gasteiger partial charge is 0.316 e. The molecule has 0 spiro atoms. The van der Waals surface area contributed by atoms with Crippen molar-refractivity contribution in [3.05, 3.63) is 44.2 Å². The first kappa shape index (κ1) is 13.1. The number of nitrogens with two attached hydrogens (primary N) is 1. The first-order chi connectivity index (χ1) is 7.62. The van der Waals surface area contributed by atoms with Crippen LogP contribution in [0, 0.1) is 20.2 Å². The fraction of sp³-hybridized carbons (Fsp3) is 0.429. The zero-order valence-electron chi connectivity index (χ0n) is 8.05. The Hall–Kier alpha value is -1.97. The maximum atomic E-state index is 12.6. The van der Waals surface area contributed by atoms with Gasteiger partial charge < -0.3 is 5.73 Å². The lowest BCUT2D eigenvalue weighted by Crippen LogP contribution is -2.51. The Morgan fingerprint density at radius 2 is 1.88 bits per heavy atom. The van der Waals surface area contributed by atoms with Crippen LogP contribution < -0.4 is 5.73 Å². The molecule has 2 N–H and O–H groups in total. The summed E-state index contributed by atoms with van der Waals surface area (Å²) in [5.41, 5.74) is 0.512. The quantitative estimate of drug-likeness (QED) is 0.440. The molecule has 0 amide bonds. The van der Waals surface area contributed by atoms with Crippen LogP contribution in [-0.4, -0.2) is 27.6 Å². The van der Waals surface area contributed by atoms with Crippen LogP contribution in [0.15, 0.2) is 23.9 Å². The summed E-state index contributed by atoms with van der Waals surface area (Å²) >= 11 is 0. The number of rotatable bonds is 2. The summed E-state index contributed by atoms with van der Waals surface area (Å²) in [6.45, 7) is 0. The summed E-state index contributed by atoms with van der Waals surface area (Å²) in [7, 11) is 0. The van der Waals surface area contributed by atoms with Crippen molar-refractivity contribution in [2.24, 2.45) is 5.73 Å². The summed E-state index contributed by atoms with van der Waals surface area (Å²) in [4.78, 5) is 18.2. The zero-order chi connectivity index (χ0) is 13.4. The van der Waals surface area contributed by atoms with Crippen molar-refractivity contribution in [3.63, 3.8) is 0 Å². The summed E-state index contributed by atoms with van der Waals surface area (Å²) in [5.74, 6) is 0. The Labute approximate surface area is 91.7 Å². The van der Waals surface area contributed by atoms with E-state index in [-0.39, 0.29) is 12.2 Å². The number of nitro groups is 2. The standard InChI is InChI=1S/C7H6F3N3O4/c8-7(9,10)6(13(16)17)2-1-4(11)5(3-6)12(14)15/h1-4H,11H2. The van der Waals surface area contributed by atoms with Crippen molar-refractivity contribution in [2.75, 3.05) is 0 Å². The molecule has 10 heteroatoms. The van der Waals surface area contributed by atoms with Crippen molar-refractivity contribution in [1.82, 2.24) is 0 Å². The van der Waals surface area contributed by atoms with Crippen LogP contribution in [-0.2, 0) is 0 Å². The van der Waals surface area contributed by atoms with Crippen molar-refractivity contribution >= 4 is 0 Å². The van der Waals surface area contributed by atoms with E-state index in [4.69, 9.17) is 5.73 Å². The van der Waals surface area contributed by atoms with E-state index in [0.717, 1.165) is 0 Å². The van der Waals surface area contributed by atoms with Gasteiger partial charge in [-0.1, -0.05) is 6.08 Å². The molecule has 0 fully saturated rings. The predicted octanol–water partition coefficient (Wildman–Crippen LogP) is 0.622. The predicted molar refractivity (Wildman–Crippen MR) is 48.0 cm³/mol. The van der Waals surface area contributed by atoms with E-state index >= 15 is 0 Å². The third-order valence-electron chi connectivity index (χ3n) is 2.23. The SMILES string of the molecule is NC1C=CC([N+](=O)[O-])(C(F)(F)F)C=C1[N+](=O)[O-]. The van der Waals surface area contributed by atoms with Crippen molar-refractivity contribution < 1.29 is 23.0 Å². The van der Waals surface area contributed by atoms with Gasteiger partial charge in [-0.25, -0.2) is 0 Å². The molecule has 0 radical (unpaired) electrons. The zero-order valence-corrected chi connectivity index (χ0v) is 8.05.